The third-order valence-electron chi connectivity index (χ3n) is 6.15. The van der Waals surface area contributed by atoms with Crippen LogP contribution in [0.25, 0.3) is 33.3 Å². The lowest BCUT2D eigenvalue weighted by atomic mass is 10.1. The summed E-state index contributed by atoms with van der Waals surface area (Å²) in [5.74, 6) is -0.420. The molecular weight excluding hydrogens is 431 g/mol. The molecule has 0 aliphatic heterocycles. The van der Waals surface area contributed by atoms with Gasteiger partial charge in [-0.3, -0.25) is 9.78 Å². The zero-order valence-electron chi connectivity index (χ0n) is 18.3. The van der Waals surface area contributed by atoms with Gasteiger partial charge in [0.15, 0.2) is 5.65 Å². The second-order valence-corrected chi connectivity index (χ2v) is 8.63. The number of carbonyl (C=O) groups is 1. The molecule has 0 spiro atoms. The van der Waals surface area contributed by atoms with Gasteiger partial charge in [0.2, 0.25) is 0 Å². The number of rotatable bonds is 6. The normalized spacial score (nSPS) is 13.4. The van der Waals surface area contributed by atoms with Gasteiger partial charge in [0, 0.05) is 23.7 Å². The molecule has 2 aromatic carbocycles. The van der Waals surface area contributed by atoms with Crippen molar-refractivity contribution < 1.29 is 9.18 Å². The van der Waals surface area contributed by atoms with Crippen molar-refractivity contribution in [2.75, 3.05) is 6.54 Å². The van der Waals surface area contributed by atoms with Gasteiger partial charge in [-0.15, -0.1) is 5.10 Å². The predicted octanol–water partition coefficient (Wildman–Crippen LogP) is 4.37. The van der Waals surface area contributed by atoms with Crippen LogP contribution in [0.1, 0.15) is 28.8 Å². The van der Waals surface area contributed by atoms with E-state index >= 15 is 0 Å². The molecule has 34 heavy (non-hydrogen) atoms. The van der Waals surface area contributed by atoms with Crippen LogP contribution >= 0.6 is 0 Å². The van der Waals surface area contributed by atoms with Crippen molar-refractivity contribution in [2.24, 2.45) is 5.92 Å². The fourth-order valence-electron chi connectivity index (χ4n) is 4.09. The standard InChI is InChI=1S/C26H21FN6O/c27-21-13-18(8-9-20(21)26(34)29-14-16-6-7-16)22-10-11-23-25(30-22)33(32-31-23)15-19-4-1-3-17-5-2-12-28-24(17)19/h1-5,8-13,16H,6-7,14-15H2,(H,29,34). The third kappa shape index (κ3) is 3.87. The number of carbonyl (C=O) groups excluding carboxylic acids is 1. The Labute approximate surface area is 194 Å². The molecule has 3 heterocycles. The number of aromatic nitrogens is 5. The van der Waals surface area contributed by atoms with E-state index in [-0.39, 0.29) is 11.5 Å². The number of pyridine rings is 2. The summed E-state index contributed by atoms with van der Waals surface area (Å²) < 4.78 is 16.5. The van der Waals surface area contributed by atoms with E-state index < -0.39 is 5.82 Å². The zero-order valence-corrected chi connectivity index (χ0v) is 18.3. The Kier molecular flexibility index (Phi) is 4.98. The van der Waals surface area contributed by atoms with E-state index in [1.54, 1.807) is 23.0 Å². The monoisotopic (exact) mass is 452 g/mol. The van der Waals surface area contributed by atoms with Crippen molar-refractivity contribution in [2.45, 2.75) is 19.4 Å². The highest BCUT2D eigenvalue weighted by Crippen LogP contribution is 2.28. The number of benzene rings is 2. The van der Waals surface area contributed by atoms with Crippen molar-refractivity contribution >= 4 is 28.0 Å². The Balaban J connectivity index is 1.31. The van der Waals surface area contributed by atoms with Crippen molar-refractivity contribution in [1.29, 1.82) is 0 Å². The third-order valence-corrected chi connectivity index (χ3v) is 6.15. The topological polar surface area (TPSA) is 85.6 Å². The summed E-state index contributed by atoms with van der Waals surface area (Å²) in [6, 6.07) is 18.1. The quantitative estimate of drug-likeness (QED) is 0.414. The Morgan fingerprint density at radius 1 is 1.09 bits per heavy atom. The molecule has 0 radical (unpaired) electrons. The van der Waals surface area contributed by atoms with E-state index in [1.165, 1.54) is 12.1 Å². The molecule has 0 bridgehead atoms. The molecule has 1 aliphatic rings. The summed E-state index contributed by atoms with van der Waals surface area (Å²) in [6.07, 6.45) is 4.02. The zero-order chi connectivity index (χ0) is 23.1. The van der Waals surface area contributed by atoms with Gasteiger partial charge in [0.05, 0.1) is 23.3 Å². The highest BCUT2D eigenvalue weighted by molar-refractivity contribution is 5.95. The van der Waals surface area contributed by atoms with Gasteiger partial charge in [-0.05, 0) is 54.7 Å². The Morgan fingerprint density at radius 2 is 1.97 bits per heavy atom. The number of para-hydroxylation sites is 1. The number of hydrogen-bond acceptors (Lipinski definition) is 5. The number of fused-ring (bicyclic) bond motifs is 2. The van der Waals surface area contributed by atoms with E-state index in [1.807, 2.05) is 36.4 Å². The largest absolute Gasteiger partial charge is 0.352 e. The van der Waals surface area contributed by atoms with Gasteiger partial charge in [-0.1, -0.05) is 35.5 Å². The van der Waals surface area contributed by atoms with Crippen molar-refractivity contribution in [1.82, 2.24) is 30.3 Å². The number of halogens is 1. The van der Waals surface area contributed by atoms with Crippen LogP contribution in [0, 0.1) is 11.7 Å². The summed E-state index contributed by atoms with van der Waals surface area (Å²) in [4.78, 5) is 21.5. The number of nitrogens with zero attached hydrogens (tertiary/aromatic N) is 5. The number of nitrogens with one attached hydrogen (secondary N) is 1. The minimum atomic E-state index is -0.568. The molecule has 1 fully saturated rings. The van der Waals surface area contributed by atoms with Crippen LogP contribution < -0.4 is 5.32 Å². The highest BCUT2D eigenvalue weighted by atomic mass is 19.1. The minimum absolute atomic E-state index is 0.0423. The maximum absolute atomic E-state index is 14.8. The second kappa shape index (κ2) is 8.30. The SMILES string of the molecule is O=C(NCC1CC1)c1ccc(-c2ccc3nnn(Cc4cccc5cccnc45)c3n2)cc1F. The molecule has 0 unspecified atom stereocenters. The molecule has 0 saturated heterocycles. The van der Waals surface area contributed by atoms with Gasteiger partial charge in [0.25, 0.3) is 5.91 Å². The van der Waals surface area contributed by atoms with E-state index in [4.69, 9.17) is 4.98 Å². The molecule has 6 rings (SSSR count). The molecule has 7 nitrogen and oxygen atoms in total. The fraction of sp³-hybridized carbons (Fsp3) is 0.192. The van der Waals surface area contributed by atoms with Crippen LogP contribution in [0.3, 0.4) is 0 Å². The lowest BCUT2D eigenvalue weighted by molar-refractivity contribution is 0.0948. The average Bonchev–Trinajstić information content (AvgIpc) is 3.62. The van der Waals surface area contributed by atoms with E-state index in [2.05, 4.69) is 20.6 Å². The first-order chi connectivity index (χ1) is 16.7. The second-order valence-electron chi connectivity index (χ2n) is 8.63. The van der Waals surface area contributed by atoms with E-state index in [0.717, 1.165) is 29.3 Å². The van der Waals surface area contributed by atoms with Crippen molar-refractivity contribution in [3.8, 4) is 11.3 Å². The molecule has 1 N–H and O–H groups in total. The summed E-state index contributed by atoms with van der Waals surface area (Å²) in [7, 11) is 0. The fourth-order valence-corrected chi connectivity index (χ4v) is 4.09. The Bertz CT molecular complexity index is 1540. The van der Waals surface area contributed by atoms with Crippen LogP contribution in [0.2, 0.25) is 0 Å². The maximum Gasteiger partial charge on any atom is 0.254 e. The smallest absolute Gasteiger partial charge is 0.254 e. The maximum atomic E-state index is 14.8. The van der Waals surface area contributed by atoms with Crippen molar-refractivity contribution in [3.63, 3.8) is 0 Å². The van der Waals surface area contributed by atoms with Crippen LogP contribution in [0.5, 0.6) is 0 Å². The summed E-state index contributed by atoms with van der Waals surface area (Å²) in [6.45, 7) is 1.05. The Hall–Kier alpha value is -4.20. The van der Waals surface area contributed by atoms with Crippen LogP contribution in [0.15, 0.2) is 66.9 Å². The molecule has 5 aromatic rings. The van der Waals surface area contributed by atoms with Gasteiger partial charge in [-0.2, -0.15) is 0 Å². The predicted molar refractivity (Wildman–Crippen MR) is 127 cm³/mol. The molecule has 168 valence electrons. The molecule has 1 aliphatic carbocycles. The van der Waals surface area contributed by atoms with Gasteiger partial charge < -0.3 is 5.32 Å². The first kappa shape index (κ1) is 20.4. The first-order valence-corrected chi connectivity index (χ1v) is 11.3. The Morgan fingerprint density at radius 3 is 2.82 bits per heavy atom. The summed E-state index contributed by atoms with van der Waals surface area (Å²) in [5.41, 5.74) is 4.35. The summed E-state index contributed by atoms with van der Waals surface area (Å²) >= 11 is 0. The molecule has 1 amide bonds. The van der Waals surface area contributed by atoms with Gasteiger partial charge >= 0.3 is 0 Å². The van der Waals surface area contributed by atoms with Crippen LogP contribution in [-0.2, 0) is 6.54 Å². The molecule has 8 heteroatoms. The lowest BCUT2D eigenvalue weighted by Gasteiger charge is -2.08. The highest BCUT2D eigenvalue weighted by Gasteiger charge is 2.23. The lowest BCUT2D eigenvalue weighted by Crippen LogP contribution is -2.26. The minimum Gasteiger partial charge on any atom is -0.352 e. The van der Waals surface area contributed by atoms with Gasteiger partial charge in [0.1, 0.15) is 11.3 Å². The number of hydrogen-bond donors (Lipinski definition) is 1. The number of amides is 1. The first-order valence-electron chi connectivity index (χ1n) is 11.3. The van der Waals surface area contributed by atoms with Crippen LogP contribution in [0.4, 0.5) is 4.39 Å². The van der Waals surface area contributed by atoms with Crippen molar-refractivity contribution in [3.05, 3.63) is 83.8 Å². The molecule has 1 saturated carbocycles. The molecular formula is C26H21FN6O. The molecule has 0 atom stereocenters. The summed E-state index contributed by atoms with van der Waals surface area (Å²) in [5, 5.41) is 12.4. The van der Waals surface area contributed by atoms with E-state index in [0.29, 0.717) is 41.4 Å². The molecule has 3 aromatic heterocycles. The van der Waals surface area contributed by atoms with E-state index in [9.17, 15) is 9.18 Å². The average molecular weight is 452 g/mol. The van der Waals surface area contributed by atoms with Crippen LogP contribution in [-0.4, -0.2) is 37.4 Å². The van der Waals surface area contributed by atoms with Gasteiger partial charge in [-0.25, -0.2) is 14.1 Å².